The predicted octanol–water partition coefficient (Wildman–Crippen LogP) is 0.204. The standard InChI is InChI=1S/C12H14N2O4/c15-7-9(11(16)17)13-12(18)14-6-5-8-3-1-2-4-10(8)14/h1-4,9,15H,5-7H2,(H,13,18)(H,16,17). The van der Waals surface area contributed by atoms with Gasteiger partial charge < -0.3 is 15.5 Å². The van der Waals surface area contributed by atoms with Crippen LogP contribution >= 0.6 is 0 Å². The highest BCUT2D eigenvalue weighted by Gasteiger charge is 2.27. The summed E-state index contributed by atoms with van der Waals surface area (Å²) < 4.78 is 0. The Kier molecular flexibility index (Phi) is 3.47. The smallest absolute Gasteiger partial charge is 0.328 e. The second-order valence-corrected chi connectivity index (χ2v) is 4.05. The van der Waals surface area contributed by atoms with Crippen molar-refractivity contribution in [3.05, 3.63) is 29.8 Å². The van der Waals surface area contributed by atoms with Gasteiger partial charge in [-0.3, -0.25) is 4.90 Å². The monoisotopic (exact) mass is 250 g/mol. The number of carboxylic acids is 1. The third kappa shape index (κ3) is 2.28. The summed E-state index contributed by atoms with van der Waals surface area (Å²) in [7, 11) is 0. The molecule has 96 valence electrons. The largest absolute Gasteiger partial charge is 0.480 e. The number of carbonyl (C=O) groups excluding carboxylic acids is 1. The van der Waals surface area contributed by atoms with Gasteiger partial charge in [0.15, 0.2) is 6.04 Å². The zero-order valence-electron chi connectivity index (χ0n) is 9.67. The number of hydrogen-bond acceptors (Lipinski definition) is 3. The van der Waals surface area contributed by atoms with Gasteiger partial charge >= 0.3 is 12.0 Å². The molecule has 1 heterocycles. The fourth-order valence-corrected chi connectivity index (χ4v) is 1.96. The van der Waals surface area contributed by atoms with Crippen LogP contribution in [0.3, 0.4) is 0 Å². The lowest BCUT2D eigenvalue weighted by Gasteiger charge is -2.20. The molecule has 1 aromatic rings. The van der Waals surface area contributed by atoms with Gasteiger partial charge in [-0.1, -0.05) is 18.2 Å². The quantitative estimate of drug-likeness (QED) is 0.715. The number of aliphatic carboxylic acids is 1. The lowest BCUT2D eigenvalue weighted by atomic mass is 10.2. The maximum Gasteiger partial charge on any atom is 0.328 e. The Bertz CT molecular complexity index is 475. The van der Waals surface area contributed by atoms with E-state index in [9.17, 15) is 9.59 Å². The Morgan fingerprint density at radius 3 is 2.78 bits per heavy atom. The van der Waals surface area contributed by atoms with Crippen molar-refractivity contribution in [3.8, 4) is 0 Å². The lowest BCUT2D eigenvalue weighted by Crippen LogP contribution is -2.49. The molecule has 0 aromatic heterocycles. The average Bonchev–Trinajstić information content (AvgIpc) is 2.79. The first kappa shape index (κ1) is 12.4. The molecule has 6 heteroatoms. The van der Waals surface area contributed by atoms with Crippen LogP contribution in [-0.4, -0.2) is 41.4 Å². The van der Waals surface area contributed by atoms with Gasteiger partial charge in [0, 0.05) is 12.2 Å². The molecule has 2 amide bonds. The van der Waals surface area contributed by atoms with Crippen LogP contribution < -0.4 is 10.2 Å². The molecule has 1 aliphatic heterocycles. The number of aliphatic hydroxyl groups is 1. The Labute approximate surface area is 104 Å². The molecule has 1 atom stereocenters. The molecule has 6 nitrogen and oxygen atoms in total. The van der Waals surface area contributed by atoms with Crippen LogP contribution in [0.1, 0.15) is 5.56 Å². The summed E-state index contributed by atoms with van der Waals surface area (Å²) in [5.74, 6) is -1.25. The second kappa shape index (κ2) is 5.05. The van der Waals surface area contributed by atoms with Crippen molar-refractivity contribution in [2.24, 2.45) is 0 Å². The first-order valence-electron chi connectivity index (χ1n) is 5.63. The Morgan fingerprint density at radius 2 is 2.11 bits per heavy atom. The molecule has 1 aromatic carbocycles. The van der Waals surface area contributed by atoms with Crippen molar-refractivity contribution in [3.63, 3.8) is 0 Å². The highest BCUT2D eigenvalue weighted by molar-refractivity contribution is 5.96. The molecule has 1 aliphatic rings. The van der Waals surface area contributed by atoms with E-state index in [1.54, 1.807) is 0 Å². The van der Waals surface area contributed by atoms with Gasteiger partial charge in [-0.05, 0) is 18.1 Å². The molecule has 0 saturated heterocycles. The molecular weight excluding hydrogens is 236 g/mol. The molecule has 0 spiro atoms. The van der Waals surface area contributed by atoms with E-state index in [1.807, 2.05) is 24.3 Å². The zero-order chi connectivity index (χ0) is 13.1. The van der Waals surface area contributed by atoms with Gasteiger partial charge in [-0.15, -0.1) is 0 Å². The molecule has 0 aliphatic carbocycles. The fraction of sp³-hybridized carbons (Fsp3) is 0.333. The third-order valence-corrected chi connectivity index (χ3v) is 2.91. The summed E-state index contributed by atoms with van der Waals surface area (Å²) in [6.45, 7) is -0.112. The van der Waals surface area contributed by atoms with Gasteiger partial charge in [-0.25, -0.2) is 9.59 Å². The SMILES string of the molecule is O=C(O)C(CO)NC(=O)N1CCc2ccccc21. The van der Waals surface area contributed by atoms with Gasteiger partial charge in [0.1, 0.15) is 0 Å². The summed E-state index contributed by atoms with van der Waals surface area (Å²) in [6, 6.07) is 5.70. The highest BCUT2D eigenvalue weighted by Crippen LogP contribution is 2.27. The van der Waals surface area contributed by atoms with Crippen molar-refractivity contribution in [2.75, 3.05) is 18.1 Å². The number of nitrogens with zero attached hydrogens (tertiary/aromatic N) is 1. The molecule has 0 radical (unpaired) electrons. The van der Waals surface area contributed by atoms with Crippen molar-refractivity contribution in [1.82, 2.24) is 5.32 Å². The number of amides is 2. The highest BCUT2D eigenvalue weighted by atomic mass is 16.4. The minimum atomic E-state index is -1.27. The number of fused-ring (bicyclic) bond motifs is 1. The van der Waals surface area contributed by atoms with E-state index in [0.29, 0.717) is 6.54 Å². The number of urea groups is 1. The van der Waals surface area contributed by atoms with E-state index in [2.05, 4.69) is 5.32 Å². The average molecular weight is 250 g/mol. The summed E-state index contributed by atoms with van der Waals surface area (Å²) in [4.78, 5) is 24.1. The van der Waals surface area contributed by atoms with Crippen LogP contribution in [0.15, 0.2) is 24.3 Å². The van der Waals surface area contributed by atoms with Gasteiger partial charge in [-0.2, -0.15) is 0 Å². The van der Waals surface area contributed by atoms with E-state index in [0.717, 1.165) is 17.7 Å². The normalized spacial score (nSPS) is 15.1. The van der Waals surface area contributed by atoms with Crippen LogP contribution in [0.2, 0.25) is 0 Å². The number of benzene rings is 1. The van der Waals surface area contributed by atoms with Crippen LogP contribution in [0.5, 0.6) is 0 Å². The summed E-state index contributed by atoms with van der Waals surface area (Å²) in [6.07, 6.45) is 0.750. The molecule has 18 heavy (non-hydrogen) atoms. The summed E-state index contributed by atoms with van der Waals surface area (Å²) in [5, 5.41) is 19.9. The Hall–Kier alpha value is -2.08. The number of carbonyl (C=O) groups is 2. The molecular formula is C12H14N2O4. The van der Waals surface area contributed by atoms with Gasteiger partial charge in [0.25, 0.3) is 0 Å². The van der Waals surface area contributed by atoms with E-state index in [-0.39, 0.29) is 0 Å². The second-order valence-electron chi connectivity index (χ2n) is 4.05. The van der Waals surface area contributed by atoms with E-state index in [1.165, 1.54) is 4.90 Å². The fourth-order valence-electron chi connectivity index (χ4n) is 1.96. The van der Waals surface area contributed by atoms with E-state index < -0.39 is 24.6 Å². The molecule has 0 fully saturated rings. The van der Waals surface area contributed by atoms with Gasteiger partial charge in [0.05, 0.1) is 6.61 Å². The maximum atomic E-state index is 11.9. The maximum absolute atomic E-state index is 11.9. The van der Waals surface area contributed by atoms with E-state index in [4.69, 9.17) is 10.2 Å². The topological polar surface area (TPSA) is 89.9 Å². The van der Waals surface area contributed by atoms with Crippen molar-refractivity contribution >= 4 is 17.7 Å². The number of aliphatic hydroxyl groups excluding tert-OH is 1. The number of anilines is 1. The summed E-state index contributed by atoms with van der Waals surface area (Å²) >= 11 is 0. The number of para-hydroxylation sites is 1. The number of hydrogen-bond donors (Lipinski definition) is 3. The van der Waals surface area contributed by atoms with Crippen molar-refractivity contribution < 1.29 is 19.8 Å². The van der Waals surface area contributed by atoms with Crippen LogP contribution in [0, 0.1) is 0 Å². The predicted molar refractivity (Wildman–Crippen MR) is 64.5 cm³/mol. The van der Waals surface area contributed by atoms with E-state index >= 15 is 0 Å². The number of rotatable bonds is 3. The minimum Gasteiger partial charge on any atom is -0.480 e. The van der Waals surface area contributed by atoms with Crippen molar-refractivity contribution in [2.45, 2.75) is 12.5 Å². The summed E-state index contributed by atoms with van der Waals surface area (Å²) in [5.41, 5.74) is 1.85. The van der Waals surface area contributed by atoms with Crippen LogP contribution in [0.4, 0.5) is 10.5 Å². The van der Waals surface area contributed by atoms with Gasteiger partial charge in [0.2, 0.25) is 0 Å². The Morgan fingerprint density at radius 1 is 1.39 bits per heavy atom. The van der Waals surface area contributed by atoms with Crippen molar-refractivity contribution in [1.29, 1.82) is 0 Å². The van der Waals surface area contributed by atoms with Crippen LogP contribution in [-0.2, 0) is 11.2 Å². The Balaban J connectivity index is 2.10. The first-order valence-corrected chi connectivity index (χ1v) is 5.63. The number of nitrogens with one attached hydrogen (secondary N) is 1. The molecule has 1 unspecified atom stereocenters. The molecule has 2 rings (SSSR count). The lowest BCUT2D eigenvalue weighted by molar-refractivity contribution is -0.140. The molecule has 3 N–H and O–H groups in total. The number of carboxylic acid groups (broad SMARTS) is 1. The molecule has 0 saturated carbocycles. The first-order chi connectivity index (χ1) is 8.63. The van der Waals surface area contributed by atoms with Crippen LogP contribution in [0.25, 0.3) is 0 Å². The third-order valence-electron chi connectivity index (χ3n) is 2.91. The zero-order valence-corrected chi connectivity index (χ0v) is 9.67. The molecule has 0 bridgehead atoms. The minimum absolute atomic E-state index is 0.499.